The highest BCUT2D eigenvalue weighted by atomic mass is 32.1. The fraction of sp³-hybridized carbons (Fsp3) is 0.583. The Kier molecular flexibility index (Phi) is 3.96. The van der Waals surface area contributed by atoms with Crippen molar-refractivity contribution in [2.45, 2.75) is 19.8 Å². The lowest BCUT2D eigenvalue weighted by Crippen LogP contribution is -2.46. The van der Waals surface area contributed by atoms with Crippen molar-refractivity contribution in [2.75, 3.05) is 26.2 Å². The molecular formula is C12H18N2OS. The van der Waals surface area contributed by atoms with E-state index in [1.165, 1.54) is 9.75 Å². The lowest BCUT2D eigenvalue weighted by atomic mass is 10.2. The van der Waals surface area contributed by atoms with Gasteiger partial charge < -0.3 is 10.2 Å². The van der Waals surface area contributed by atoms with Crippen molar-refractivity contribution in [1.29, 1.82) is 0 Å². The number of carbonyl (C=O) groups excluding carboxylic acids is 1. The number of hydrogen-bond acceptors (Lipinski definition) is 3. The summed E-state index contributed by atoms with van der Waals surface area (Å²) in [6, 6.07) is 4.25. The largest absolute Gasteiger partial charge is 0.340 e. The highest BCUT2D eigenvalue weighted by Crippen LogP contribution is 2.17. The molecule has 1 N–H and O–H groups in total. The van der Waals surface area contributed by atoms with Crippen LogP contribution in [0.4, 0.5) is 0 Å². The zero-order valence-corrected chi connectivity index (χ0v) is 10.5. The van der Waals surface area contributed by atoms with Crippen molar-refractivity contribution in [1.82, 2.24) is 10.2 Å². The molecule has 0 aromatic carbocycles. The predicted octanol–water partition coefficient (Wildman–Crippen LogP) is 1.42. The molecule has 16 heavy (non-hydrogen) atoms. The van der Waals surface area contributed by atoms with Crippen molar-refractivity contribution in [3.05, 3.63) is 21.9 Å². The molecular weight excluding hydrogens is 220 g/mol. The lowest BCUT2D eigenvalue weighted by molar-refractivity contribution is -0.131. The van der Waals surface area contributed by atoms with E-state index in [-0.39, 0.29) is 0 Å². The number of aryl methyl sites for hydroxylation is 2. The van der Waals surface area contributed by atoms with E-state index < -0.39 is 0 Å². The first-order chi connectivity index (χ1) is 7.75. The summed E-state index contributed by atoms with van der Waals surface area (Å²) in [5.74, 6) is 0.299. The van der Waals surface area contributed by atoms with Gasteiger partial charge >= 0.3 is 0 Å². The molecule has 0 spiro atoms. The first-order valence-corrected chi connectivity index (χ1v) is 6.61. The Balaban J connectivity index is 1.78. The predicted molar refractivity (Wildman–Crippen MR) is 66.8 cm³/mol. The molecule has 1 saturated heterocycles. The normalized spacial score (nSPS) is 16.4. The number of nitrogens with one attached hydrogen (secondary N) is 1. The monoisotopic (exact) mass is 238 g/mol. The van der Waals surface area contributed by atoms with E-state index in [9.17, 15) is 4.79 Å². The number of rotatable bonds is 3. The summed E-state index contributed by atoms with van der Waals surface area (Å²) in [5.41, 5.74) is 0. The molecule has 1 fully saturated rings. The summed E-state index contributed by atoms with van der Waals surface area (Å²) in [4.78, 5) is 16.5. The third-order valence-corrected chi connectivity index (χ3v) is 3.91. The van der Waals surface area contributed by atoms with Gasteiger partial charge in [0.05, 0.1) is 0 Å². The van der Waals surface area contributed by atoms with Gasteiger partial charge in [-0.3, -0.25) is 4.79 Å². The van der Waals surface area contributed by atoms with Crippen LogP contribution >= 0.6 is 11.3 Å². The summed E-state index contributed by atoms with van der Waals surface area (Å²) in [6.07, 6.45) is 1.54. The van der Waals surface area contributed by atoms with Gasteiger partial charge in [0, 0.05) is 42.4 Å². The SMILES string of the molecule is Cc1ccc(CCC(=O)N2CCNCC2)s1. The molecule has 88 valence electrons. The van der Waals surface area contributed by atoms with E-state index in [0.29, 0.717) is 12.3 Å². The minimum absolute atomic E-state index is 0.299. The summed E-state index contributed by atoms with van der Waals surface area (Å²) in [5, 5.41) is 3.25. The number of hydrogen-bond donors (Lipinski definition) is 1. The van der Waals surface area contributed by atoms with Crippen molar-refractivity contribution in [3.8, 4) is 0 Å². The Bertz CT molecular complexity index is 356. The number of piperazine rings is 1. The molecule has 0 atom stereocenters. The summed E-state index contributed by atoms with van der Waals surface area (Å²) < 4.78 is 0. The van der Waals surface area contributed by atoms with Crippen LogP contribution in [0.5, 0.6) is 0 Å². The maximum Gasteiger partial charge on any atom is 0.223 e. The number of carbonyl (C=O) groups is 1. The smallest absolute Gasteiger partial charge is 0.223 e. The van der Waals surface area contributed by atoms with Crippen molar-refractivity contribution in [3.63, 3.8) is 0 Å². The van der Waals surface area contributed by atoms with E-state index in [1.54, 1.807) is 11.3 Å². The van der Waals surface area contributed by atoms with E-state index in [0.717, 1.165) is 32.6 Å². The molecule has 0 aliphatic carbocycles. The second-order valence-electron chi connectivity index (χ2n) is 4.14. The molecule has 0 bridgehead atoms. The topological polar surface area (TPSA) is 32.3 Å². The summed E-state index contributed by atoms with van der Waals surface area (Å²) >= 11 is 1.79. The first-order valence-electron chi connectivity index (χ1n) is 5.79. The van der Waals surface area contributed by atoms with Gasteiger partial charge in [-0.15, -0.1) is 11.3 Å². The van der Waals surface area contributed by atoms with E-state index in [1.807, 2.05) is 4.90 Å². The second-order valence-corrected chi connectivity index (χ2v) is 5.52. The number of thiophene rings is 1. The van der Waals surface area contributed by atoms with E-state index in [4.69, 9.17) is 0 Å². The van der Waals surface area contributed by atoms with Crippen LogP contribution in [-0.4, -0.2) is 37.0 Å². The standard InChI is InChI=1S/C12H18N2OS/c1-10-2-3-11(16-10)4-5-12(15)14-8-6-13-7-9-14/h2-3,13H,4-9H2,1H3. The molecule has 0 saturated carbocycles. The maximum absolute atomic E-state index is 11.9. The fourth-order valence-electron chi connectivity index (χ4n) is 1.92. The number of amides is 1. The molecule has 1 aromatic heterocycles. The minimum atomic E-state index is 0.299. The van der Waals surface area contributed by atoms with Crippen LogP contribution in [-0.2, 0) is 11.2 Å². The Labute approximate surface area is 100 Å². The summed E-state index contributed by atoms with van der Waals surface area (Å²) in [7, 11) is 0. The Morgan fingerprint density at radius 1 is 1.44 bits per heavy atom. The molecule has 1 aliphatic rings. The van der Waals surface area contributed by atoms with Gasteiger partial charge in [-0.2, -0.15) is 0 Å². The van der Waals surface area contributed by atoms with Crippen LogP contribution in [0, 0.1) is 6.92 Å². The fourth-order valence-corrected chi connectivity index (χ4v) is 2.81. The average Bonchev–Trinajstić information content (AvgIpc) is 2.73. The molecule has 2 heterocycles. The van der Waals surface area contributed by atoms with Gasteiger partial charge in [-0.1, -0.05) is 0 Å². The van der Waals surface area contributed by atoms with E-state index in [2.05, 4.69) is 24.4 Å². The molecule has 1 aliphatic heterocycles. The Morgan fingerprint density at radius 3 is 2.81 bits per heavy atom. The third-order valence-electron chi connectivity index (χ3n) is 2.85. The first kappa shape index (κ1) is 11.6. The quantitative estimate of drug-likeness (QED) is 0.864. The molecule has 0 unspecified atom stereocenters. The zero-order valence-electron chi connectivity index (χ0n) is 9.66. The highest BCUT2D eigenvalue weighted by molar-refractivity contribution is 7.11. The molecule has 3 nitrogen and oxygen atoms in total. The van der Waals surface area contributed by atoms with Crippen LogP contribution in [0.1, 0.15) is 16.2 Å². The van der Waals surface area contributed by atoms with Gasteiger partial charge in [-0.25, -0.2) is 0 Å². The van der Waals surface area contributed by atoms with Crippen molar-refractivity contribution >= 4 is 17.2 Å². The van der Waals surface area contributed by atoms with Gasteiger partial charge in [0.25, 0.3) is 0 Å². The van der Waals surface area contributed by atoms with Crippen LogP contribution in [0.3, 0.4) is 0 Å². The number of nitrogens with zero attached hydrogens (tertiary/aromatic N) is 1. The molecule has 0 radical (unpaired) electrons. The molecule has 2 rings (SSSR count). The van der Waals surface area contributed by atoms with Crippen molar-refractivity contribution in [2.24, 2.45) is 0 Å². The Morgan fingerprint density at radius 2 is 2.19 bits per heavy atom. The third kappa shape index (κ3) is 3.06. The molecule has 4 heteroatoms. The lowest BCUT2D eigenvalue weighted by Gasteiger charge is -2.27. The molecule has 1 amide bonds. The minimum Gasteiger partial charge on any atom is -0.340 e. The van der Waals surface area contributed by atoms with Crippen molar-refractivity contribution < 1.29 is 4.79 Å². The van der Waals surface area contributed by atoms with Crippen LogP contribution in [0.2, 0.25) is 0 Å². The van der Waals surface area contributed by atoms with Gasteiger partial charge in [0.15, 0.2) is 0 Å². The summed E-state index contributed by atoms with van der Waals surface area (Å²) in [6.45, 7) is 5.70. The molecule has 1 aromatic rings. The zero-order chi connectivity index (χ0) is 11.4. The maximum atomic E-state index is 11.9. The van der Waals surface area contributed by atoms with Gasteiger partial charge in [0.1, 0.15) is 0 Å². The highest BCUT2D eigenvalue weighted by Gasteiger charge is 2.15. The second kappa shape index (κ2) is 5.46. The van der Waals surface area contributed by atoms with Crippen LogP contribution in [0.15, 0.2) is 12.1 Å². The van der Waals surface area contributed by atoms with Crippen LogP contribution < -0.4 is 5.32 Å². The Hall–Kier alpha value is -0.870. The van der Waals surface area contributed by atoms with Crippen LogP contribution in [0.25, 0.3) is 0 Å². The van der Waals surface area contributed by atoms with Gasteiger partial charge in [0.2, 0.25) is 5.91 Å². The average molecular weight is 238 g/mol. The van der Waals surface area contributed by atoms with E-state index >= 15 is 0 Å². The van der Waals surface area contributed by atoms with Gasteiger partial charge in [-0.05, 0) is 25.5 Å².